The van der Waals surface area contributed by atoms with Crippen LogP contribution < -0.4 is 57.3 Å². The lowest BCUT2D eigenvalue weighted by atomic mass is 9.31. The molecule has 0 spiro atoms. The normalized spacial score (nSPS) is 12.8. The monoisotopic (exact) mass is 1270 g/mol. The van der Waals surface area contributed by atoms with Gasteiger partial charge in [-0.05, 0) is 153 Å². The lowest BCUT2D eigenvalue weighted by Crippen LogP contribution is -2.64. The molecule has 0 radical (unpaired) electrons. The minimum Gasteiger partial charge on any atom is -0.311 e. The molecule has 15 aromatic carbocycles. The van der Waals surface area contributed by atoms with E-state index in [1.807, 2.05) is 11.8 Å². The minimum atomic E-state index is -0.169. The fourth-order valence-corrected chi connectivity index (χ4v) is 17.2. The Morgan fingerprint density at radius 3 is 1.14 bits per heavy atom. The number of anilines is 15. The summed E-state index contributed by atoms with van der Waals surface area (Å²) in [4.78, 5) is 15.1. The van der Waals surface area contributed by atoms with Gasteiger partial charge in [-0.15, -0.1) is 0 Å². The number of hydrogen-bond donors (Lipinski definition) is 0. The fourth-order valence-electron chi connectivity index (χ4n) is 15.9. The maximum atomic E-state index is 2.65. The molecule has 0 saturated heterocycles. The zero-order valence-corrected chi connectivity index (χ0v) is 54.3. The van der Waals surface area contributed by atoms with Crippen molar-refractivity contribution in [3.05, 3.63) is 370 Å². The molecule has 8 heteroatoms. The van der Waals surface area contributed by atoms with Crippen LogP contribution >= 0.6 is 11.8 Å². The summed E-state index contributed by atoms with van der Waals surface area (Å²) in [5.41, 5.74) is 31.2. The quantitative estimate of drug-likeness (QED) is 0.113. The number of hydrogen-bond acceptors (Lipinski definition) is 6. The molecule has 4 heterocycles. The van der Waals surface area contributed by atoms with Crippen LogP contribution in [0.1, 0.15) is 0 Å². The van der Waals surface area contributed by atoms with E-state index in [1.54, 1.807) is 0 Å². The van der Waals surface area contributed by atoms with Gasteiger partial charge in [0.1, 0.15) is 0 Å². The number of fused-ring (bicyclic) bond motifs is 8. The highest BCUT2D eigenvalue weighted by atomic mass is 32.2. The molecule has 0 fully saturated rings. The second-order valence-electron chi connectivity index (χ2n) is 25.5. The van der Waals surface area contributed by atoms with Crippen LogP contribution in [-0.4, -0.2) is 13.4 Å². The van der Waals surface area contributed by atoms with Gasteiger partial charge in [0.2, 0.25) is 6.71 Å². The van der Waals surface area contributed by atoms with Gasteiger partial charge in [-0.2, -0.15) is 0 Å². The Labute approximate surface area is 577 Å². The van der Waals surface area contributed by atoms with E-state index in [2.05, 4.69) is 395 Å². The van der Waals surface area contributed by atoms with Crippen molar-refractivity contribution in [1.82, 2.24) is 0 Å². The molecule has 458 valence electrons. The van der Waals surface area contributed by atoms with E-state index >= 15 is 0 Å². The molecule has 0 amide bonds. The van der Waals surface area contributed by atoms with E-state index in [-0.39, 0.29) is 13.4 Å². The van der Waals surface area contributed by atoms with E-state index in [0.717, 1.165) is 113 Å². The van der Waals surface area contributed by atoms with Gasteiger partial charge in [-0.1, -0.05) is 278 Å². The molecular formula is C90H61B2N5S. The predicted octanol–water partition coefficient (Wildman–Crippen LogP) is 20.5. The fraction of sp³-hybridized carbons (Fsp3) is 0. The Balaban J connectivity index is 0.912. The van der Waals surface area contributed by atoms with Crippen molar-refractivity contribution in [1.29, 1.82) is 0 Å². The van der Waals surface area contributed by atoms with E-state index < -0.39 is 0 Å². The first-order valence-electron chi connectivity index (χ1n) is 33.7. The molecule has 4 aliphatic rings. The number of nitrogens with zero attached hydrogens (tertiary/aromatic N) is 5. The van der Waals surface area contributed by atoms with Crippen LogP contribution in [-0.2, 0) is 0 Å². The van der Waals surface area contributed by atoms with Crippen molar-refractivity contribution in [2.24, 2.45) is 0 Å². The summed E-state index contributed by atoms with van der Waals surface area (Å²) in [7, 11) is 0. The van der Waals surface area contributed by atoms with Crippen LogP contribution in [0, 0.1) is 0 Å². The standard InChI is InChI=1S/C90H61B2N5S/c1-8-32-62(33-9-1)71-46-22-27-51-78(71)94(67-42-18-6-19-43-67)70-58-86-90-88(59-70)98-87-61-83-76(60-77(87)92(90)75-50-26-31-55-82(75)96(86)79-52-28-23-47-72(79)63-34-10-2-11-35-63)91-74-49-25-30-54-81(74)95(68-44-20-7-21-45-68)84-56-69(93(65-38-14-4-15-39-65)66-40-16-5-17-41-66)57-85(89(84)91)97(83)80-53-29-24-48-73(80)64-36-12-3-13-37-64/h1-61H. The van der Waals surface area contributed by atoms with Gasteiger partial charge < -0.3 is 24.5 Å². The SMILES string of the molecule is c1ccc(-c2ccccc2N(c2ccccc2)c2cc3c4c(c2)N(c2ccccc2-c2ccccc2)c2ccccc2B4c2cc4c(cc2S3)N(c2ccccc2-c2ccccc2)c2cc(N(c3ccccc3)c3ccccc3)cc3c2B4c2ccccc2N3c2ccccc2)cc1. The molecule has 0 N–H and O–H groups in total. The van der Waals surface area contributed by atoms with Gasteiger partial charge in [-0.25, -0.2) is 0 Å². The Hall–Kier alpha value is -12.2. The van der Waals surface area contributed by atoms with Gasteiger partial charge in [0, 0.05) is 89.0 Å². The third-order valence-corrected chi connectivity index (χ3v) is 21.1. The highest BCUT2D eigenvalue weighted by Crippen LogP contribution is 2.53. The lowest BCUT2D eigenvalue weighted by molar-refractivity contribution is 1.22. The molecule has 4 aliphatic heterocycles. The van der Waals surface area contributed by atoms with Crippen LogP contribution in [0.5, 0.6) is 0 Å². The first kappa shape index (κ1) is 57.2. The van der Waals surface area contributed by atoms with Crippen molar-refractivity contribution >= 4 is 143 Å². The van der Waals surface area contributed by atoms with Crippen LogP contribution in [0.15, 0.2) is 380 Å². The van der Waals surface area contributed by atoms with Crippen LogP contribution in [0.3, 0.4) is 0 Å². The minimum absolute atomic E-state index is 0.146. The summed E-state index contributed by atoms with van der Waals surface area (Å²) in [6, 6.07) is 137. The van der Waals surface area contributed by atoms with Crippen molar-refractivity contribution in [3.63, 3.8) is 0 Å². The van der Waals surface area contributed by atoms with Gasteiger partial charge in [0.05, 0.1) is 22.7 Å². The number of rotatable bonds is 12. The highest BCUT2D eigenvalue weighted by Gasteiger charge is 2.48. The summed E-state index contributed by atoms with van der Waals surface area (Å²) in [6.07, 6.45) is 0. The maximum absolute atomic E-state index is 2.65. The average Bonchev–Trinajstić information content (AvgIpc) is 0.690. The largest absolute Gasteiger partial charge is 0.311 e. The number of para-hydroxylation sites is 9. The molecule has 98 heavy (non-hydrogen) atoms. The third kappa shape index (κ3) is 9.43. The first-order chi connectivity index (χ1) is 48.7. The average molecular weight is 1270 g/mol. The summed E-state index contributed by atoms with van der Waals surface area (Å²) >= 11 is 1.91. The molecule has 19 rings (SSSR count). The van der Waals surface area contributed by atoms with Crippen molar-refractivity contribution in [2.75, 3.05) is 24.5 Å². The van der Waals surface area contributed by atoms with E-state index in [0.29, 0.717) is 0 Å². The lowest BCUT2D eigenvalue weighted by Gasteiger charge is -2.46. The van der Waals surface area contributed by atoms with Gasteiger partial charge >= 0.3 is 0 Å². The molecule has 5 nitrogen and oxygen atoms in total. The number of benzene rings is 15. The molecule has 0 aliphatic carbocycles. The predicted molar refractivity (Wildman–Crippen MR) is 416 cm³/mol. The van der Waals surface area contributed by atoms with Gasteiger partial charge in [0.25, 0.3) is 6.71 Å². The molecule has 15 aromatic rings. The van der Waals surface area contributed by atoms with Gasteiger partial charge in [-0.3, -0.25) is 0 Å². The van der Waals surface area contributed by atoms with Gasteiger partial charge in [0.15, 0.2) is 0 Å². The molecular weight excluding hydrogens is 1200 g/mol. The van der Waals surface area contributed by atoms with Crippen molar-refractivity contribution in [2.45, 2.75) is 9.79 Å². The summed E-state index contributed by atoms with van der Waals surface area (Å²) < 4.78 is 0. The Kier molecular flexibility index (Phi) is 14.0. The molecule has 0 bridgehead atoms. The van der Waals surface area contributed by atoms with E-state index in [1.165, 1.54) is 48.1 Å². The zero-order valence-electron chi connectivity index (χ0n) is 53.5. The smallest absolute Gasteiger partial charge is 0.252 e. The summed E-state index contributed by atoms with van der Waals surface area (Å²) in [6.45, 7) is -0.315. The van der Waals surface area contributed by atoms with Crippen LogP contribution in [0.4, 0.5) is 85.3 Å². The molecule has 0 aromatic heterocycles. The second kappa shape index (κ2) is 23.9. The maximum Gasteiger partial charge on any atom is 0.252 e. The second-order valence-corrected chi connectivity index (χ2v) is 26.6. The summed E-state index contributed by atoms with van der Waals surface area (Å²) in [5, 5.41) is 0. The van der Waals surface area contributed by atoms with Crippen LogP contribution in [0.2, 0.25) is 0 Å². The Bertz CT molecular complexity index is 5490. The highest BCUT2D eigenvalue weighted by molar-refractivity contribution is 8.00. The molecule has 0 saturated carbocycles. The van der Waals surface area contributed by atoms with Crippen molar-refractivity contribution in [3.8, 4) is 33.4 Å². The Morgan fingerprint density at radius 1 is 0.224 bits per heavy atom. The van der Waals surface area contributed by atoms with E-state index in [4.69, 9.17) is 0 Å². The third-order valence-electron chi connectivity index (χ3n) is 20.0. The van der Waals surface area contributed by atoms with Crippen molar-refractivity contribution < 1.29 is 0 Å². The molecule has 0 atom stereocenters. The Morgan fingerprint density at radius 2 is 0.602 bits per heavy atom. The first-order valence-corrected chi connectivity index (χ1v) is 34.5. The van der Waals surface area contributed by atoms with Crippen LogP contribution in [0.25, 0.3) is 33.4 Å². The van der Waals surface area contributed by atoms with E-state index in [9.17, 15) is 0 Å². The molecule has 0 unspecified atom stereocenters. The topological polar surface area (TPSA) is 16.2 Å². The summed E-state index contributed by atoms with van der Waals surface area (Å²) in [5.74, 6) is 0. The zero-order chi connectivity index (χ0) is 64.6.